The van der Waals surface area contributed by atoms with Crippen LogP contribution in [0.25, 0.3) is 6.08 Å². The predicted molar refractivity (Wildman–Crippen MR) is 80.2 cm³/mol. The summed E-state index contributed by atoms with van der Waals surface area (Å²) >= 11 is 0. The molecule has 1 amide bonds. The summed E-state index contributed by atoms with van der Waals surface area (Å²) in [6.45, 7) is 6.80. The number of hydrogen-bond acceptors (Lipinski definition) is 3. The molecule has 0 aromatic heterocycles. The molecule has 1 aliphatic rings. The Hall–Kier alpha value is -1.81. The van der Waals surface area contributed by atoms with E-state index in [1.54, 1.807) is 0 Å². The molecule has 20 heavy (non-hydrogen) atoms. The first-order chi connectivity index (χ1) is 9.53. The molecule has 1 heterocycles. The maximum atomic E-state index is 11.8. The van der Waals surface area contributed by atoms with E-state index >= 15 is 0 Å². The van der Waals surface area contributed by atoms with Crippen LogP contribution in [-0.4, -0.2) is 18.1 Å². The molecule has 2 rings (SSSR count). The van der Waals surface area contributed by atoms with Gasteiger partial charge in [0.2, 0.25) is 0 Å². The number of rotatable bonds is 5. The van der Waals surface area contributed by atoms with Crippen molar-refractivity contribution in [1.82, 2.24) is 10.9 Å². The van der Waals surface area contributed by atoms with E-state index in [0.29, 0.717) is 0 Å². The van der Waals surface area contributed by atoms with Gasteiger partial charge < -0.3 is 4.74 Å². The molecule has 1 aromatic carbocycles. The van der Waals surface area contributed by atoms with Gasteiger partial charge in [-0.1, -0.05) is 25.5 Å². The summed E-state index contributed by atoms with van der Waals surface area (Å²) in [6.07, 6.45) is 4.07. The normalized spacial score (nSPS) is 19.1. The van der Waals surface area contributed by atoms with Crippen LogP contribution < -0.4 is 15.6 Å². The molecule has 0 saturated carbocycles. The molecule has 1 aliphatic heterocycles. The lowest BCUT2D eigenvalue weighted by Crippen LogP contribution is -2.38. The molecule has 0 atom stereocenters. The quantitative estimate of drug-likeness (QED) is 0.641. The Morgan fingerprint density at radius 3 is 2.80 bits per heavy atom. The highest BCUT2D eigenvalue weighted by Gasteiger charge is 2.34. The maximum absolute atomic E-state index is 11.8. The van der Waals surface area contributed by atoms with Gasteiger partial charge in [-0.3, -0.25) is 10.2 Å². The number of ether oxygens (including phenoxy) is 1. The topological polar surface area (TPSA) is 50.4 Å². The molecule has 1 aromatic rings. The highest BCUT2D eigenvalue weighted by Crippen LogP contribution is 2.24. The lowest BCUT2D eigenvalue weighted by atomic mass is 9.94. The Balaban J connectivity index is 2.17. The average molecular weight is 274 g/mol. The van der Waals surface area contributed by atoms with Gasteiger partial charge in [0.1, 0.15) is 5.75 Å². The Bertz CT molecular complexity index is 521. The van der Waals surface area contributed by atoms with E-state index in [4.69, 9.17) is 4.74 Å². The molecular weight excluding hydrogens is 252 g/mol. The van der Waals surface area contributed by atoms with Crippen LogP contribution in [0, 0.1) is 0 Å². The van der Waals surface area contributed by atoms with Crippen LogP contribution in [0.5, 0.6) is 5.75 Å². The molecule has 0 bridgehead atoms. The lowest BCUT2D eigenvalue weighted by molar-refractivity contribution is -0.116. The highest BCUT2D eigenvalue weighted by atomic mass is 16.5. The number of amides is 1. The molecule has 0 aliphatic carbocycles. The van der Waals surface area contributed by atoms with Gasteiger partial charge in [-0.25, -0.2) is 5.43 Å². The predicted octanol–water partition coefficient (Wildman–Crippen LogP) is 2.66. The SMILES string of the molecule is CCCCOc1cccc(/C=C2\C(=O)NNC2(C)C)c1. The van der Waals surface area contributed by atoms with E-state index in [2.05, 4.69) is 17.8 Å². The Kier molecular flexibility index (Phi) is 4.45. The first-order valence-corrected chi connectivity index (χ1v) is 7.05. The first-order valence-electron chi connectivity index (χ1n) is 7.05. The van der Waals surface area contributed by atoms with E-state index < -0.39 is 0 Å². The van der Waals surface area contributed by atoms with Gasteiger partial charge in [0.25, 0.3) is 5.91 Å². The van der Waals surface area contributed by atoms with Crippen LogP contribution in [0.1, 0.15) is 39.2 Å². The Morgan fingerprint density at radius 1 is 1.35 bits per heavy atom. The van der Waals surface area contributed by atoms with E-state index in [-0.39, 0.29) is 11.4 Å². The van der Waals surface area contributed by atoms with Gasteiger partial charge in [0, 0.05) is 5.57 Å². The third kappa shape index (κ3) is 3.39. The second kappa shape index (κ2) is 6.09. The van der Waals surface area contributed by atoms with Crippen molar-refractivity contribution in [2.75, 3.05) is 6.61 Å². The van der Waals surface area contributed by atoms with Gasteiger partial charge in [-0.15, -0.1) is 0 Å². The summed E-state index contributed by atoms with van der Waals surface area (Å²) in [4.78, 5) is 11.8. The molecule has 4 nitrogen and oxygen atoms in total. The smallest absolute Gasteiger partial charge is 0.263 e. The summed E-state index contributed by atoms with van der Waals surface area (Å²) in [5.74, 6) is 0.768. The van der Waals surface area contributed by atoms with E-state index in [1.165, 1.54) is 0 Å². The number of hydrazine groups is 1. The van der Waals surface area contributed by atoms with E-state index in [9.17, 15) is 4.79 Å². The van der Waals surface area contributed by atoms with Crippen LogP contribution in [0.2, 0.25) is 0 Å². The number of hydrogen-bond donors (Lipinski definition) is 2. The van der Waals surface area contributed by atoms with Gasteiger partial charge in [0.15, 0.2) is 0 Å². The number of carbonyl (C=O) groups excluding carboxylic acids is 1. The first kappa shape index (κ1) is 14.6. The van der Waals surface area contributed by atoms with Crippen molar-refractivity contribution < 1.29 is 9.53 Å². The summed E-state index contributed by atoms with van der Waals surface area (Å²) < 4.78 is 5.68. The van der Waals surface area contributed by atoms with Crippen molar-refractivity contribution in [3.63, 3.8) is 0 Å². The van der Waals surface area contributed by atoms with Crippen molar-refractivity contribution in [1.29, 1.82) is 0 Å². The average Bonchev–Trinajstić information content (AvgIpc) is 2.67. The molecule has 0 spiro atoms. The van der Waals surface area contributed by atoms with Gasteiger partial charge in [-0.2, -0.15) is 0 Å². The third-order valence-electron chi connectivity index (χ3n) is 3.34. The Morgan fingerprint density at radius 2 is 2.15 bits per heavy atom. The second-order valence-electron chi connectivity index (χ2n) is 5.54. The molecule has 0 radical (unpaired) electrons. The summed E-state index contributed by atoms with van der Waals surface area (Å²) in [5.41, 5.74) is 6.95. The number of unbranched alkanes of at least 4 members (excludes halogenated alkanes) is 1. The largest absolute Gasteiger partial charge is 0.494 e. The van der Waals surface area contributed by atoms with Crippen molar-refractivity contribution in [3.8, 4) is 5.75 Å². The fourth-order valence-electron chi connectivity index (χ4n) is 2.07. The molecule has 1 fully saturated rings. The molecule has 108 valence electrons. The standard InChI is InChI=1S/C16H22N2O2/c1-4-5-9-20-13-8-6-7-12(10-13)11-14-15(19)17-18-16(14,2)3/h6-8,10-11,18H,4-5,9H2,1-3H3,(H,17,19)/b14-11+. The third-order valence-corrected chi connectivity index (χ3v) is 3.34. The van der Waals surface area contributed by atoms with Crippen molar-refractivity contribution in [3.05, 3.63) is 35.4 Å². The molecule has 4 heteroatoms. The van der Waals surface area contributed by atoms with Gasteiger partial charge >= 0.3 is 0 Å². The van der Waals surface area contributed by atoms with Crippen molar-refractivity contribution in [2.24, 2.45) is 0 Å². The van der Waals surface area contributed by atoms with Crippen LogP contribution in [0.3, 0.4) is 0 Å². The minimum atomic E-state index is -0.365. The molecular formula is C16H22N2O2. The maximum Gasteiger partial charge on any atom is 0.263 e. The van der Waals surface area contributed by atoms with Crippen LogP contribution in [-0.2, 0) is 4.79 Å². The summed E-state index contributed by atoms with van der Waals surface area (Å²) in [5, 5.41) is 0. The zero-order chi connectivity index (χ0) is 14.6. The lowest BCUT2D eigenvalue weighted by Gasteiger charge is -2.17. The summed E-state index contributed by atoms with van der Waals surface area (Å²) in [6, 6.07) is 7.82. The minimum absolute atomic E-state index is 0.0766. The zero-order valence-electron chi connectivity index (χ0n) is 12.3. The van der Waals surface area contributed by atoms with Gasteiger partial charge in [0.05, 0.1) is 12.1 Å². The monoisotopic (exact) mass is 274 g/mol. The zero-order valence-corrected chi connectivity index (χ0v) is 12.3. The van der Waals surface area contributed by atoms with Crippen molar-refractivity contribution in [2.45, 2.75) is 39.2 Å². The van der Waals surface area contributed by atoms with Crippen LogP contribution >= 0.6 is 0 Å². The summed E-state index contributed by atoms with van der Waals surface area (Å²) in [7, 11) is 0. The number of benzene rings is 1. The highest BCUT2D eigenvalue weighted by molar-refractivity contribution is 6.01. The molecule has 2 N–H and O–H groups in total. The number of carbonyl (C=O) groups is 1. The van der Waals surface area contributed by atoms with Crippen LogP contribution in [0.15, 0.2) is 29.8 Å². The van der Waals surface area contributed by atoms with E-state index in [1.807, 2.05) is 44.2 Å². The molecule has 1 saturated heterocycles. The van der Waals surface area contributed by atoms with Gasteiger partial charge in [-0.05, 0) is 44.0 Å². The second-order valence-corrected chi connectivity index (χ2v) is 5.54. The Labute approximate surface area is 120 Å². The van der Waals surface area contributed by atoms with Crippen molar-refractivity contribution >= 4 is 12.0 Å². The number of nitrogens with one attached hydrogen (secondary N) is 2. The fourth-order valence-corrected chi connectivity index (χ4v) is 2.07. The van der Waals surface area contributed by atoms with E-state index in [0.717, 1.165) is 36.3 Å². The minimum Gasteiger partial charge on any atom is -0.494 e. The van der Waals surface area contributed by atoms with Crippen LogP contribution in [0.4, 0.5) is 0 Å². The molecule has 0 unspecified atom stereocenters. The fraction of sp³-hybridized carbons (Fsp3) is 0.438.